The monoisotopic (exact) mass is 390 g/mol. The molecule has 0 saturated heterocycles. The minimum atomic E-state index is -3.60. The Morgan fingerprint density at radius 1 is 1.38 bits per heavy atom. The van der Waals surface area contributed by atoms with Gasteiger partial charge >= 0.3 is 0 Å². The van der Waals surface area contributed by atoms with Crippen LogP contribution in [0.3, 0.4) is 0 Å². The fraction of sp³-hybridized carbons (Fsp3) is 0.333. The molecule has 0 unspecified atom stereocenters. The molecule has 1 rings (SSSR count). The maximum atomic E-state index is 11.1. The Morgan fingerprint density at radius 3 is 2.50 bits per heavy atom. The van der Waals surface area contributed by atoms with Crippen LogP contribution < -0.4 is 4.74 Å². The molecule has 0 spiro atoms. The van der Waals surface area contributed by atoms with Gasteiger partial charge in [-0.3, -0.25) is 0 Å². The average molecular weight is 392 g/mol. The number of halogens is 3. The lowest BCUT2D eigenvalue weighted by Gasteiger charge is -2.11. The van der Waals surface area contributed by atoms with Crippen LogP contribution in [0.1, 0.15) is 12.5 Å². The first-order chi connectivity index (χ1) is 7.33. The van der Waals surface area contributed by atoms with E-state index >= 15 is 0 Å². The normalized spacial score (nSPS) is 11.5. The summed E-state index contributed by atoms with van der Waals surface area (Å²) in [5, 5.41) is 0. The summed E-state index contributed by atoms with van der Waals surface area (Å²) in [5.74, 6) is 0.247. The van der Waals surface area contributed by atoms with Crippen LogP contribution in [0.25, 0.3) is 0 Å². The van der Waals surface area contributed by atoms with Crippen molar-refractivity contribution in [2.75, 3.05) is 6.61 Å². The van der Waals surface area contributed by atoms with Gasteiger partial charge in [0.25, 0.3) is 0 Å². The summed E-state index contributed by atoms with van der Waals surface area (Å²) >= 11 is 6.60. The van der Waals surface area contributed by atoms with Crippen LogP contribution in [0, 0.1) is 0 Å². The van der Waals surface area contributed by atoms with Gasteiger partial charge in [-0.05, 0) is 35.0 Å². The molecule has 0 fully saturated rings. The maximum absolute atomic E-state index is 11.1. The van der Waals surface area contributed by atoms with Gasteiger partial charge in [0.05, 0.1) is 16.8 Å². The summed E-state index contributed by atoms with van der Waals surface area (Å²) in [6.07, 6.45) is 0. The SMILES string of the molecule is CCOc1c(Br)cc(Br)cc1CS(=O)(=O)Cl. The van der Waals surface area contributed by atoms with Crippen LogP contribution in [0.15, 0.2) is 21.1 Å². The van der Waals surface area contributed by atoms with Crippen LogP contribution in [0.4, 0.5) is 0 Å². The van der Waals surface area contributed by atoms with E-state index in [4.69, 9.17) is 15.4 Å². The molecule has 90 valence electrons. The van der Waals surface area contributed by atoms with Gasteiger partial charge in [-0.1, -0.05) is 15.9 Å². The number of rotatable bonds is 4. The van der Waals surface area contributed by atoms with Gasteiger partial charge in [0.15, 0.2) is 0 Å². The van der Waals surface area contributed by atoms with Gasteiger partial charge in [-0.25, -0.2) is 8.42 Å². The van der Waals surface area contributed by atoms with E-state index in [0.717, 1.165) is 4.47 Å². The molecule has 16 heavy (non-hydrogen) atoms. The van der Waals surface area contributed by atoms with E-state index in [2.05, 4.69) is 31.9 Å². The molecule has 0 amide bonds. The third-order valence-electron chi connectivity index (χ3n) is 1.70. The Bertz CT molecular complexity index is 488. The Labute approximate surface area is 116 Å². The van der Waals surface area contributed by atoms with Crippen molar-refractivity contribution in [1.29, 1.82) is 0 Å². The van der Waals surface area contributed by atoms with Crippen LogP contribution >= 0.6 is 42.5 Å². The fourth-order valence-corrected chi connectivity index (χ4v) is 3.58. The summed E-state index contributed by atoms with van der Waals surface area (Å²) in [6, 6.07) is 3.46. The smallest absolute Gasteiger partial charge is 0.236 e. The molecule has 0 atom stereocenters. The van der Waals surface area contributed by atoms with E-state index in [1.807, 2.05) is 6.92 Å². The van der Waals surface area contributed by atoms with Crippen molar-refractivity contribution in [1.82, 2.24) is 0 Å². The summed E-state index contributed by atoms with van der Waals surface area (Å²) in [6.45, 7) is 2.28. The van der Waals surface area contributed by atoms with Gasteiger partial charge in [-0.15, -0.1) is 0 Å². The Kier molecular flexibility index (Phi) is 5.10. The summed E-state index contributed by atoms with van der Waals surface area (Å²) < 4.78 is 29.0. The zero-order chi connectivity index (χ0) is 12.3. The van der Waals surface area contributed by atoms with Gasteiger partial charge in [-0.2, -0.15) is 0 Å². The lowest BCUT2D eigenvalue weighted by molar-refractivity contribution is 0.335. The highest BCUT2D eigenvalue weighted by Gasteiger charge is 2.15. The molecule has 0 radical (unpaired) electrons. The van der Waals surface area contributed by atoms with Gasteiger partial charge in [0.1, 0.15) is 5.75 Å². The van der Waals surface area contributed by atoms with Crippen molar-refractivity contribution in [2.24, 2.45) is 0 Å². The minimum absolute atomic E-state index is 0.262. The minimum Gasteiger partial charge on any atom is -0.492 e. The Hall–Kier alpha value is 0.220. The molecule has 0 saturated carbocycles. The molecule has 0 aliphatic rings. The molecule has 1 aromatic carbocycles. The average Bonchev–Trinajstić information content (AvgIpc) is 2.08. The Morgan fingerprint density at radius 2 is 2.00 bits per heavy atom. The molecular weight excluding hydrogens is 383 g/mol. The predicted octanol–water partition coefficient (Wildman–Crippen LogP) is 3.68. The van der Waals surface area contributed by atoms with E-state index in [1.54, 1.807) is 12.1 Å². The first kappa shape index (κ1) is 14.3. The standard InChI is InChI=1S/C9H9Br2ClO3S/c1-2-15-9-6(5-16(12,13)14)3-7(10)4-8(9)11/h3-4H,2,5H2,1H3. The van der Waals surface area contributed by atoms with Gasteiger partial charge < -0.3 is 4.74 Å². The highest BCUT2D eigenvalue weighted by molar-refractivity contribution is 9.11. The molecule has 3 nitrogen and oxygen atoms in total. The molecule has 0 heterocycles. The molecular formula is C9H9Br2ClO3S. The van der Waals surface area contributed by atoms with Crippen molar-refractivity contribution in [2.45, 2.75) is 12.7 Å². The molecule has 0 bridgehead atoms. The van der Waals surface area contributed by atoms with E-state index in [9.17, 15) is 8.42 Å². The first-order valence-corrected chi connectivity index (χ1v) is 8.43. The van der Waals surface area contributed by atoms with E-state index in [1.165, 1.54) is 0 Å². The second-order valence-corrected chi connectivity index (χ2v) is 7.54. The van der Waals surface area contributed by atoms with Crippen molar-refractivity contribution in [3.63, 3.8) is 0 Å². The van der Waals surface area contributed by atoms with E-state index < -0.39 is 9.05 Å². The predicted molar refractivity (Wildman–Crippen MR) is 71.5 cm³/mol. The largest absolute Gasteiger partial charge is 0.492 e. The molecule has 0 aliphatic heterocycles. The second kappa shape index (κ2) is 5.71. The third-order valence-corrected chi connectivity index (χ3v) is 3.73. The molecule has 0 aliphatic carbocycles. The lowest BCUT2D eigenvalue weighted by atomic mass is 10.2. The molecule has 7 heteroatoms. The third kappa shape index (κ3) is 4.24. The van der Waals surface area contributed by atoms with E-state index in [-0.39, 0.29) is 5.75 Å². The second-order valence-electron chi connectivity index (χ2n) is 2.99. The maximum Gasteiger partial charge on any atom is 0.236 e. The zero-order valence-corrected chi connectivity index (χ0v) is 13.1. The van der Waals surface area contributed by atoms with Crippen molar-refractivity contribution >= 4 is 51.6 Å². The first-order valence-electron chi connectivity index (χ1n) is 4.36. The van der Waals surface area contributed by atoms with Crippen LogP contribution in [0.2, 0.25) is 0 Å². The highest BCUT2D eigenvalue weighted by atomic mass is 79.9. The van der Waals surface area contributed by atoms with E-state index in [0.29, 0.717) is 22.4 Å². The Balaban J connectivity index is 3.23. The fourth-order valence-electron chi connectivity index (χ4n) is 1.21. The lowest BCUT2D eigenvalue weighted by Crippen LogP contribution is -2.02. The summed E-state index contributed by atoms with van der Waals surface area (Å²) in [4.78, 5) is 0. The van der Waals surface area contributed by atoms with Gasteiger partial charge in [0, 0.05) is 20.7 Å². The molecule has 0 N–H and O–H groups in total. The van der Waals surface area contributed by atoms with Crippen LogP contribution in [0.5, 0.6) is 5.75 Å². The van der Waals surface area contributed by atoms with Crippen molar-refractivity contribution in [3.8, 4) is 5.75 Å². The highest BCUT2D eigenvalue weighted by Crippen LogP contribution is 2.34. The van der Waals surface area contributed by atoms with Gasteiger partial charge in [0.2, 0.25) is 9.05 Å². The molecule has 1 aromatic rings. The number of benzene rings is 1. The quantitative estimate of drug-likeness (QED) is 0.734. The van der Waals surface area contributed by atoms with Crippen LogP contribution in [-0.4, -0.2) is 15.0 Å². The number of ether oxygens (including phenoxy) is 1. The zero-order valence-electron chi connectivity index (χ0n) is 8.34. The van der Waals surface area contributed by atoms with Crippen molar-refractivity contribution < 1.29 is 13.2 Å². The topological polar surface area (TPSA) is 43.4 Å². The summed E-state index contributed by atoms with van der Waals surface area (Å²) in [5.41, 5.74) is 0.526. The molecule has 0 aromatic heterocycles. The number of hydrogen-bond donors (Lipinski definition) is 0. The van der Waals surface area contributed by atoms with Crippen LogP contribution in [-0.2, 0) is 14.8 Å². The van der Waals surface area contributed by atoms with Crippen molar-refractivity contribution in [3.05, 3.63) is 26.6 Å². The number of hydrogen-bond acceptors (Lipinski definition) is 3. The summed E-state index contributed by atoms with van der Waals surface area (Å²) in [7, 11) is 1.63.